The van der Waals surface area contributed by atoms with E-state index < -0.39 is 0 Å². The van der Waals surface area contributed by atoms with Gasteiger partial charge in [-0.05, 0) is 34.7 Å². The first kappa shape index (κ1) is 16.0. The van der Waals surface area contributed by atoms with Crippen LogP contribution in [0.3, 0.4) is 0 Å². The molecule has 0 fully saturated rings. The highest BCUT2D eigenvalue weighted by Crippen LogP contribution is 2.23. The van der Waals surface area contributed by atoms with Gasteiger partial charge >= 0.3 is 6.03 Å². The summed E-state index contributed by atoms with van der Waals surface area (Å²) in [6, 6.07) is 9.52. The average Bonchev–Trinajstić information content (AvgIpc) is 2.60. The molecular formula is C18H20N4O2. The first-order chi connectivity index (χ1) is 11.6. The monoisotopic (exact) mass is 324 g/mol. The molecule has 0 saturated heterocycles. The number of hydrogen-bond acceptors (Lipinski definition) is 3. The highest BCUT2D eigenvalue weighted by Gasteiger charge is 2.22. The molecule has 0 aliphatic carbocycles. The van der Waals surface area contributed by atoms with E-state index in [4.69, 9.17) is 5.73 Å². The Labute approximate surface area is 140 Å². The fraction of sp³-hybridized carbons (Fsp3) is 0.278. The van der Waals surface area contributed by atoms with E-state index in [0.29, 0.717) is 19.6 Å². The van der Waals surface area contributed by atoms with Crippen molar-refractivity contribution in [3.63, 3.8) is 0 Å². The van der Waals surface area contributed by atoms with Crippen LogP contribution >= 0.6 is 0 Å². The second kappa shape index (κ2) is 7.12. The zero-order chi connectivity index (χ0) is 16.9. The number of primary amides is 1. The molecule has 0 spiro atoms. The highest BCUT2D eigenvalue weighted by molar-refractivity contribution is 5.77. The molecule has 0 atom stereocenters. The van der Waals surface area contributed by atoms with Crippen molar-refractivity contribution in [3.05, 3.63) is 65.0 Å². The number of nitrogens with one attached hydrogen (secondary N) is 1. The van der Waals surface area contributed by atoms with Crippen LogP contribution in [0.4, 0.5) is 4.79 Å². The standard InChI is InChI=1S/C18H20N4O2/c19-17(23)9-14-4-1-5-15-12-22(8-6-16(14)15)18(24)21-11-13-3-2-7-20-10-13/h1-5,7,10H,6,8-9,11-12H2,(H2,19,23)(H,21,24). The minimum Gasteiger partial charge on any atom is -0.369 e. The van der Waals surface area contributed by atoms with Crippen LogP contribution in [0.25, 0.3) is 0 Å². The SMILES string of the molecule is NC(=O)Cc1cccc2c1CCN(C(=O)NCc1cccnc1)C2. The molecule has 1 aromatic carbocycles. The van der Waals surface area contributed by atoms with Crippen LogP contribution in [0.2, 0.25) is 0 Å². The van der Waals surface area contributed by atoms with Crippen molar-refractivity contribution in [2.75, 3.05) is 6.54 Å². The highest BCUT2D eigenvalue weighted by atomic mass is 16.2. The molecule has 1 aliphatic heterocycles. The predicted molar refractivity (Wildman–Crippen MR) is 89.9 cm³/mol. The van der Waals surface area contributed by atoms with Gasteiger partial charge in [0.2, 0.25) is 5.91 Å². The van der Waals surface area contributed by atoms with E-state index in [2.05, 4.69) is 10.3 Å². The molecule has 124 valence electrons. The second-order valence-electron chi connectivity index (χ2n) is 5.89. The van der Waals surface area contributed by atoms with Crippen LogP contribution in [-0.2, 0) is 30.7 Å². The number of fused-ring (bicyclic) bond motifs is 1. The third-order valence-corrected chi connectivity index (χ3v) is 4.18. The molecule has 1 aliphatic rings. The van der Waals surface area contributed by atoms with Crippen LogP contribution in [0.5, 0.6) is 0 Å². The molecule has 6 nitrogen and oxygen atoms in total. The van der Waals surface area contributed by atoms with E-state index in [0.717, 1.165) is 28.7 Å². The maximum absolute atomic E-state index is 12.4. The number of carbonyl (C=O) groups is 2. The summed E-state index contributed by atoms with van der Waals surface area (Å²) >= 11 is 0. The quantitative estimate of drug-likeness (QED) is 0.890. The first-order valence-corrected chi connectivity index (χ1v) is 7.93. The maximum atomic E-state index is 12.4. The molecule has 6 heteroatoms. The van der Waals surface area contributed by atoms with Crippen molar-refractivity contribution in [2.24, 2.45) is 5.73 Å². The summed E-state index contributed by atoms with van der Waals surface area (Å²) in [4.78, 5) is 29.4. The van der Waals surface area contributed by atoms with Gasteiger partial charge in [-0.15, -0.1) is 0 Å². The molecule has 3 rings (SSSR count). The predicted octanol–water partition coefficient (Wildman–Crippen LogP) is 1.38. The number of nitrogens with two attached hydrogens (primary N) is 1. The number of aromatic nitrogens is 1. The van der Waals surface area contributed by atoms with E-state index in [1.807, 2.05) is 30.3 Å². The Morgan fingerprint density at radius 2 is 2.12 bits per heavy atom. The lowest BCUT2D eigenvalue weighted by atomic mass is 9.93. The van der Waals surface area contributed by atoms with Crippen LogP contribution < -0.4 is 11.1 Å². The minimum absolute atomic E-state index is 0.0928. The Morgan fingerprint density at radius 1 is 1.25 bits per heavy atom. The van der Waals surface area contributed by atoms with Crippen LogP contribution in [0.15, 0.2) is 42.7 Å². The van der Waals surface area contributed by atoms with Gasteiger partial charge in [0.05, 0.1) is 6.42 Å². The van der Waals surface area contributed by atoms with Gasteiger partial charge in [0, 0.05) is 32.0 Å². The number of hydrogen-bond donors (Lipinski definition) is 2. The van der Waals surface area contributed by atoms with Crippen molar-refractivity contribution >= 4 is 11.9 Å². The van der Waals surface area contributed by atoms with Crippen LogP contribution in [0, 0.1) is 0 Å². The van der Waals surface area contributed by atoms with Gasteiger partial charge in [0.25, 0.3) is 0 Å². The summed E-state index contributed by atoms with van der Waals surface area (Å²) in [7, 11) is 0. The number of urea groups is 1. The van der Waals surface area contributed by atoms with Crippen LogP contribution in [-0.4, -0.2) is 28.4 Å². The minimum atomic E-state index is -0.333. The number of carbonyl (C=O) groups excluding carboxylic acids is 2. The second-order valence-corrected chi connectivity index (χ2v) is 5.89. The van der Waals surface area contributed by atoms with Gasteiger partial charge in [0.1, 0.15) is 0 Å². The number of nitrogens with zero attached hydrogens (tertiary/aromatic N) is 2. The van der Waals surface area contributed by atoms with Crippen molar-refractivity contribution < 1.29 is 9.59 Å². The van der Waals surface area contributed by atoms with Crippen molar-refractivity contribution in [1.82, 2.24) is 15.2 Å². The summed E-state index contributed by atoms with van der Waals surface area (Å²) in [5, 5.41) is 2.92. The molecule has 1 aromatic heterocycles. The smallest absolute Gasteiger partial charge is 0.317 e. The Kier molecular flexibility index (Phi) is 4.74. The third kappa shape index (κ3) is 3.71. The number of pyridine rings is 1. The molecule has 2 aromatic rings. The third-order valence-electron chi connectivity index (χ3n) is 4.18. The lowest BCUT2D eigenvalue weighted by molar-refractivity contribution is -0.117. The summed E-state index contributed by atoms with van der Waals surface area (Å²) in [5.41, 5.74) is 9.47. The molecule has 0 radical (unpaired) electrons. The lowest BCUT2D eigenvalue weighted by Crippen LogP contribution is -2.42. The Balaban J connectivity index is 1.64. The van der Waals surface area contributed by atoms with Gasteiger partial charge in [0.15, 0.2) is 0 Å². The zero-order valence-electron chi connectivity index (χ0n) is 13.4. The zero-order valence-corrected chi connectivity index (χ0v) is 13.4. The molecule has 3 N–H and O–H groups in total. The number of benzene rings is 1. The van der Waals surface area contributed by atoms with Crippen molar-refractivity contribution in [2.45, 2.75) is 25.9 Å². The Hall–Kier alpha value is -2.89. The lowest BCUT2D eigenvalue weighted by Gasteiger charge is -2.30. The van der Waals surface area contributed by atoms with Crippen LogP contribution in [0.1, 0.15) is 22.3 Å². The van der Waals surface area contributed by atoms with E-state index in [1.165, 1.54) is 0 Å². The van der Waals surface area contributed by atoms with Gasteiger partial charge < -0.3 is 16.0 Å². The number of amides is 3. The Bertz CT molecular complexity index is 746. The van der Waals surface area contributed by atoms with Gasteiger partial charge in [-0.2, -0.15) is 0 Å². The molecule has 2 heterocycles. The van der Waals surface area contributed by atoms with Crippen molar-refractivity contribution in [3.8, 4) is 0 Å². The fourth-order valence-electron chi connectivity index (χ4n) is 3.01. The molecule has 0 bridgehead atoms. The maximum Gasteiger partial charge on any atom is 0.317 e. The molecule has 24 heavy (non-hydrogen) atoms. The van der Waals surface area contributed by atoms with Gasteiger partial charge in [-0.1, -0.05) is 24.3 Å². The summed E-state index contributed by atoms with van der Waals surface area (Å²) in [5.74, 6) is -0.333. The summed E-state index contributed by atoms with van der Waals surface area (Å²) in [6.45, 7) is 1.63. The summed E-state index contributed by atoms with van der Waals surface area (Å²) in [6.07, 6.45) is 4.42. The average molecular weight is 324 g/mol. The molecular weight excluding hydrogens is 304 g/mol. The van der Waals surface area contributed by atoms with E-state index in [-0.39, 0.29) is 18.4 Å². The topological polar surface area (TPSA) is 88.3 Å². The van der Waals surface area contributed by atoms with E-state index in [9.17, 15) is 9.59 Å². The Morgan fingerprint density at radius 3 is 2.88 bits per heavy atom. The normalized spacial score (nSPS) is 13.2. The largest absolute Gasteiger partial charge is 0.369 e. The molecule has 3 amide bonds. The molecule has 0 saturated carbocycles. The van der Waals surface area contributed by atoms with E-state index >= 15 is 0 Å². The first-order valence-electron chi connectivity index (χ1n) is 7.93. The van der Waals surface area contributed by atoms with E-state index in [1.54, 1.807) is 17.3 Å². The van der Waals surface area contributed by atoms with Gasteiger partial charge in [-0.25, -0.2) is 4.79 Å². The molecule has 0 unspecified atom stereocenters. The number of rotatable bonds is 4. The summed E-state index contributed by atoms with van der Waals surface area (Å²) < 4.78 is 0. The van der Waals surface area contributed by atoms with Crippen molar-refractivity contribution in [1.29, 1.82) is 0 Å². The van der Waals surface area contributed by atoms with Gasteiger partial charge in [-0.3, -0.25) is 9.78 Å². The fourth-order valence-corrected chi connectivity index (χ4v) is 3.01.